The monoisotopic (exact) mass is 317 g/mol. The average molecular weight is 317 g/mol. The third-order valence-corrected chi connectivity index (χ3v) is 5.01. The molecule has 2 fully saturated rings. The van der Waals surface area contributed by atoms with Crippen molar-refractivity contribution in [1.82, 2.24) is 4.90 Å². The standard InChI is InChI=1S/C19H27NO3/c1-3-4-14-6-8-18(19(10-14)22-2)23-13-17(21)12-20-11-15-5-7-16(20)9-15/h3,6,8,10,15-17,21H,1,4-5,7,9,11-13H2,2H3. The molecule has 2 bridgehead atoms. The molecule has 1 aliphatic carbocycles. The number of aliphatic hydroxyl groups is 1. The van der Waals surface area contributed by atoms with Crippen molar-refractivity contribution in [2.45, 2.75) is 37.8 Å². The van der Waals surface area contributed by atoms with Crippen molar-refractivity contribution in [2.75, 3.05) is 26.8 Å². The van der Waals surface area contributed by atoms with Gasteiger partial charge in [0.05, 0.1) is 7.11 Å². The molecule has 4 nitrogen and oxygen atoms in total. The van der Waals surface area contributed by atoms with Gasteiger partial charge in [-0.1, -0.05) is 12.1 Å². The minimum Gasteiger partial charge on any atom is -0.493 e. The summed E-state index contributed by atoms with van der Waals surface area (Å²) in [5, 5.41) is 10.3. The van der Waals surface area contributed by atoms with Crippen LogP contribution in [0, 0.1) is 5.92 Å². The summed E-state index contributed by atoms with van der Waals surface area (Å²) >= 11 is 0. The number of likely N-dealkylation sites (tertiary alicyclic amines) is 1. The van der Waals surface area contributed by atoms with Crippen LogP contribution in [-0.4, -0.2) is 49.0 Å². The second kappa shape index (κ2) is 7.37. The first kappa shape index (κ1) is 16.3. The molecule has 3 unspecified atom stereocenters. The Morgan fingerprint density at radius 1 is 1.39 bits per heavy atom. The third-order valence-electron chi connectivity index (χ3n) is 5.01. The van der Waals surface area contributed by atoms with Crippen LogP contribution in [0.2, 0.25) is 0 Å². The summed E-state index contributed by atoms with van der Waals surface area (Å²) in [6, 6.07) is 6.55. The first-order valence-electron chi connectivity index (χ1n) is 8.52. The zero-order valence-electron chi connectivity index (χ0n) is 13.9. The summed E-state index contributed by atoms with van der Waals surface area (Å²) in [4.78, 5) is 2.42. The number of methoxy groups -OCH3 is 1. The molecule has 0 spiro atoms. The molecule has 1 aromatic rings. The second-order valence-electron chi connectivity index (χ2n) is 6.73. The van der Waals surface area contributed by atoms with Crippen molar-refractivity contribution < 1.29 is 14.6 Å². The van der Waals surface area contributed by atoms with E-state index in [1.165, 1.54) is 19.3 Å². The van der Waals surface area contributed by atoms with E-state index in [0.717, 1.165) is 24.4 Å². The normalized spacial score (nSPS) is 24.6. The van der Waals surface area contributed by atoms with Crippen molar-refractivity contribution >= 4 is 0 Å². The lowest BCUT2D eigenvalue weighted by atomic mass is 10.1. The second-order valence-corrected chi connectivity index (χ2v) is 6.73. The number of piperidine rings is 1. The maximum absolute atomic E-state index is 10.3. The first-order chi connectivity index (χ1) is 11.2. The molecular formula is C19H27NO3. The number of nitrogens with zero attached hydrogens (tertiary/aromatic N) is 1. The number of aliphatic hydroxyl groups excluding tert-OH is 1. The van der Waals surface area contributed by atoms with Crippen LogP contribution in [0.4, 0.5) is 0 Å². The van der Waals surface area contributed by atoms with Gasteiger partial charge in [-0.05, 0) is 49.3 Å². The van der Waals surface area contributed by atoms with E-state index in [0.29, 0.717) is 30.7 Å². The minimum atomic E-state index is -0.466. The van der Waals surface area contributed by atoms with Crippen LogP contribution in [-0.2, 0) is 6.42 Å². The van der Waals surface area contributed by atoms with Crippen LogP contribution in [0.25, 0.3) is 0 Å². The van der Waals surface area contributed by atoms with Crippen molar-refractivity contribution in [3.05, 3.63) is 36.4 Å². The maximum atomic E-state index is 10.3. The summed E-state index contributed by atoms with van der Waals surface area (Å²) in [5.74, 6) is 2.24. The highest BCUT2D eigenvalue weighted by Crippen LogP contribution is 2.37. The van der Waals surface area contributed by atoms with Crippen LogP contribution >= 0.6 is 0 Å². The van der Waals surface area contributed by atoms with Gasteiger partial charge in [0.15, 0.2) is 11.5 Å². The Balaban J connectivity index is 1.52. The van der Waals surface area contributed by atoms with E-state index in [2.05, 4.69) is 11.5 Å². The van der Waals surface area contributed by atoms with Crippen molar-refractivity contribution in [1.29, 1.82) is 0 Å². The molecule has 2 aliphatic rings. The van der Waals surface area contributed by atoms with Gasteiger partial charge >= 0.3 is 0 Å². The number of rotatable bonds is 8. The lowest BCUT2D eigenvalue weighted by Crippen LogP contribution is -2.40. The Morgan fingerprint density at radius 2 is 2.26 bits per heavy atom. The van der Waals surface area contributed by atoms with E-state index in [9.17, 15) is 5.11 Å². The van der Waals surface area contributed by atoms with E-state index in [1.807, 2.05) is 24.3 Å². The fourth-order valence-electron chi connectivity index (χ4n) is 3.88. The lowest BCUT2D eigenvalue weighted by Gasteiger charge is -2.28. The van der Waals surface area contributed by atoms with E-state index in [4.69, 9.17) is 9.47 Å². The molecule has 0 amide bonds. The maximum Gasteiger partial charge on any atom is 0.161 e. The highest BCUT2D eigenvalue weighted by Gasteiger charge is 2.38. The first-order valence-corrected chi connectivity index (χ1v) is 8.52. The number of hydrogen-bond donors (Lipinski definition) is 1. The molecular weight excluding hydrogens is 290 g/mol. The van der Waals surface area contributed by atoms with Crippen LogP contribution < -0.4 is 9.47 Å². The number of β-amino-alcohol motifs (C(OH)–C–C–N with tert-alkyl or cyclic N) is 1. The van der Waals surface area contributed by atoms with Gasteiger partial charge in [-0.2, -0.15) is 0 Å². The molecule has 3 atom stereocenters. The molecule has 1 aliphatic heterocycles. The Hall–Kier alpha value is -1.52. The highest BCUT2D eigenvalue weighted by atomic mass is 16.5. The number of benzene rings is 1. The highest BCUT2D eigenvalue weighted by molar-refractivity contribution is 5.43. The predicted octanol–water partition coefficient (Wildman–Crippen LogP) is 2.65. The average Bonchev–Trinajstić information content (AvgIpc) is 3.16. The van der Waals surface area contributed by atoms with Gasteiger partial charge < -0.3 is 14.6 Å². The Kier molecular flexibility index (Phi) is 5.23. The summed E-state index contributed by atoms with van der Waals surface area (Å²) in [5.41, 5.74) is 1.14. The summed E-state index contributed by atoms with van der Waals surface area (Å²) < 4.78 is 11.2. The lowest BCUT2D eigenvalue weighted by molar-refractivity contribution is 0.0565. The molecule has 4 heteroatoms. The molecule has 1 aromatic carbocycles. The van der Waals surface area contributed by atoms with E-state index in [-0.39, 0.29) is 0 Å². The number of ether oxygens (including phenoxy) is 2. The fourth-order valence-corrected chi connectivity index (χ4v) is 3.88. The molecule has 1 N–H and O–H groups in total. The van der Waals surface area contributed by atoms with Gasteiger partial charge in [0, 0.05) is 19.1 Å². The number of fused-ring (bicyclic) bond motifs is 2. The topological polar surface area (TPSA) is 41.9 Å². The summed E-state index contributed by atoms with van der Waals surface area (Å²) in [7, 11) is 1.64. The summed E-state index contributed by atoms with van der Waals surface area (Å²) in [6.07, 6.45) is 6.16. The van der Waals surface area contributed by atoms with Crippen LogP contribution in [0.1, 0.15) is 24.8 Å². The van der Waals surface area contributed by atoms with Crippen molar-refractivity contribution in [3.63, 3.8) is 0 Å². The van der Waals surface area contributed by atoms with Gasteiger partial charge in [-0.25, -0.2) is 0 Å². The van der Waals surface area contributed by atoms with Crippen LogP contribution in [0.15, 0.2) is 30.9 Å². The molecule has 1 heterocycles. The molecule has 0 radical (unpaired) electrons. The number of hydrogen-bond acceptors (Lipinski definition) is 4. The Bertz CT molecular complexity index is 545. The largest absolute Gasteiger partial charge is 0.493 e. The molecule has 0 aromatic heterocycles. The van der Waals surface area contributed by atoms with Crippen molar-refractivity contribution in [3.8, 4) is 11.5 Å². The SMILES string of the molecule is C=CCc1ccc(OCC(O)CN2CC3CCC2C3)c(OC)c1. The molecule has 3 rings (SSSR count). The van der Waals surface area contributed by atoms with Gasteiger partial charge in [-0.15, -0.1) is 6.58 Å². The van der Waals surface area contributed by atoms with Gasteiger partial charge in [0.25, 0.3) is 0 Å². The van der Waals surface area contributed by atoms with E-state index in [1.54, 1.807) is 7.11 Å². The molecule has 23 heavy (non-hydrogen) atoms. The molecule has 1 saturated heterocycles. The quantitative estimate of drug-likeness (QED) is 0.749. The van der Waals surface area contributed by atoms with Gasteiger partial charge in [0.2, 0.25) is 0 Å². The van der Waals surface area contributed by atoms with Crippen LogP contribution in [0.5, 0.6) is 11.5 Å². The predicted molar refractivity (Wildman–Crippen MR) is 91.1 cm³/mol. The minimum absolute atomic E-state index is 0.297. The fraction of sp³-hybridized carbons (Fsp3) is 0.579. The third kappa shape index (κ3) is 3.88. The molecule has 1 saturated carbocycles. The zero-order valence-corrected chi connectivity index (χ0v) is 13.9. The van der Waals surface area contributed by atoms with E-state index >= 15 is 0 Å². The van der Waals surface area contributed by atoms with E-state index < -0.39 is 6.10 Å². The zero-order chi connectivity index (χ0) is 16.2. The molecule has 126 valence electrons. The van der Waals surface area contributed by atoms with Gasteiger partial charge in [0.1, 0.15) is 12.7 Å². The van der Waals surface area contributed by atoms with Crippen molar-refractivity contribution in [2.24, 2.45) is 5.92 Å². The van der Waals surface area contributed by atoms with Gasteiger partial charge in [-0.3, -0.25) is 4.90 Å². The van der Waals surface area contributed by atoms with Crippen LogP contribution in [0.3, 0.4) is 0 Å². The Morgan fingerprint density at radius 3 is 2.91 bits per heavy atom. The summed E-state index contributed by atoms with van der Waals surface area (Å²) in [6.45, 7) is 5.89. The number of allylic oxidation sites excluding steroid dienone is 1. The smallest absolute Gasteiger partial charge is 0.161 e. The Labute approximate surface area is 138 Å².